The van der Waals surface area contributed by atoms with Crippen molar-refractivity contribution in [1.82, 2.24) is 9.21 Å². The molecule has 36 heavy (non-hydrogen) atoms. The Labute approximate surface area is 216 Å². The summed E-state index contributed by atoms with van der Waals surface area (Å²) < 4.78 is 34.3. The molecule has 0 bridgehead atoms. The molecule has 0 aliphatic carbocycles. The molecule has 3 aromatic rings. The van der Waals surface area contributed by atoms with Crippen LogP contribution in [0.4, 0.5) is 0 Å². The van der Waals surface area contributed by atoms with E-state index >= 15 is 0 Å². The quantitative estimate of drug-likeness (QED) is 0.348. The Hall–Kier alpha value is -2.90. The van der Waals surface area contributed by atoms with E-state index in [2.05, 4.69) is 20.8 Å². The van der Waals surface area contributed by atoms with Crippen LogP contribution in [0.2, 0.25) is 0 Å². The van der Waals surface area contributed by atoms with Gasteiger partial charge in [0.25, 0.3) is 0 Å². The highest BCUT2D eigenvalue weighted by atomic mass is 32.2. The predicted octanol–water partition coefficient (Wildman–Crippen LogP) is 5.76. The fraction of sp³-hybridized carbons (Fsp3) is 0.414. The van der Waals surface area contributed by atoms with Gasteiger partial charge < -0.3 is 9.32 Å². The number of rotatable bonds is 10. The molecule has 7 heteroatoms. The second-order valence-electron chi connectivity index (χ2n) is 10.7. The molecule has 0 saturated heterocycles. The topological polar surface area (TPSA) is 70.8 Å². The smallest absolute Gasteiger partial charge is 0.243 e. The number of benzene rings is 2. The fourth-order valence-corrected chi connectivity index (χ4v) is 5.53. The minimum atomic E-state index is -3.87. The maximum Gasteiger partial charge on any atom is 0.243 e. The van der Waals surface area contributed by atoms with Gasteiger partial charge in [0, 0.05) is 13.1 Å². The number of carbonyl (C=O) groups excluding carboxylic acids is 1. The molecule has 1 heterocycles. The van der Waals surface area contributed by atoms with Crippen molar-refractivity contribution < 1.29 is 17.6 Å². The Morgan fingerprint density at radius 2 is 1.56 bits per heavy atom. The van der Waals surface area contributed by atoms with Crippen LogP contribution in [0.1, 0.15) is 57.3 Å². The second kappa shape index (κ2) is 11.4. The van der Waals surface area contributed by atoms with Crippen molar-refractivity contribution in [2.45, 2.75) is 64.9 Å². The number of hydrogen-bond donors (Lipinski definition) is 0. The van der Waals surface area contributed by atoms with Gasteiger partial charge in [-0.15, -0.1) is 0 Å². The van der Waals surface area contributed by atoms with Crippen LogP contribution in [0, 0.1) is 12.8 Å². The van der Waals surface area contributed by atoms with E-state index in [0.29, 0.717) is 12.3 Å². The predicted molar refractivity (Wildman–Crippen MR) is 143 cm³/mol. The molecule has 0 N–H and O–H groups in total. The first kappa shape index (κ1) is 27.7. The van der Waals surface area contributed by atoms with Crippen LogP contribution in [0.25, 0.3) is 0 Å². The van der Waals surface area contributed by atoms with Crippen molar-refractivity contribution in [3.05, 3.63) is 89.4 Å². The van der Waals surface area contributed by atoms with Crippen LogP contribution < -0.4 is 0 Å². The summed E-state index contributed by atoms with van der Waals surface area (Å²) in [5.74, 6) is 1.20. The van der Waals surface area contributed by atoms with Gasteiger partial charge in [0.2, 0.25) is 15.9 Å². The maximum absolute atomic E-state index is 13.6. The first-order valence-electron chi connectivity index (χ1n) is 12.3. The Morgan fingerprint density at radius 3 is 2.08 bits per heavy atom. The lowest BCUT2D eigenvalue weighted by molar-refractivity contribution is -0.133. The van der Waals surface area contributed by atoms with Gasteiger partial charge in [-0.1, -0.05) is 77.1 Å². The van der Waals surface area contributed by atoms with Crippen LogP contribution in [-0.4, -0.2) is 36.6 Å². The van der Waals surface area contributed by atoms with E-state index in [1.807, 2.05) is 75.4 Å². The third-order valence-corrected chi connectivity index (χ3v) is 7.78. The molecule has 0 aliphatic rings. The van der Waals surface area contributed by atoms with Gasteiger partial charge in [-0.05, 0) is 53.6 Å². The molecule has 3 rings (SSSR count). The van der Waals surface area contributed by atoms with Crippen LogP contribution in [0.3, 0.4) is 0 Å². The molecule has 194 valence electrons. The Kier molecular flexibility index (Phi) is 8.80. The number of aryl methyl sites for hydroxylation is 1. The summed E-state index contributed by atoms with van der Waals surface area (Å²) in [5, 5.41) is 0. The molecule has 6 nitrogen and oxygen atoms in total. The summed E-state index contributed by atoms with van der Waals surface area (Å²) >= 11 is 0. The first-order chi connectivity index (χ1) is 16.9. The van der Waals surface area contributed by atoms with Crippen molar-refractivity contribution in [3.8, 4) is 0 Å². The molecule has 0 saturated carbocycles. The minimum absolute atomic E-state index is 0.0525. The van der Waals surface area contributed by atoms with Gasteiger partial charge in [0.1, 0.15) is 11.5 Å². The van der Waals surface area contributed by atoms with E-state index in [0.717, 1.165) is 16.9 Å². The van der Waals surface area contributed by atoms with E-state index in [1.54, 1.807) is 17.0 Å². The van der Waals surface area contributed by atoms with Gasteiger partial charge >= 0.3 is 0 Å². The van der Waals surface area contributed by atoms with Crippen molar-refractivity contribution in [1.29, 1.82) is 0 Å². The third-order valence-electron chi connectivity index (χ3n) is 5.95. The second-order valence-corrected chi connectivity index (χ2v) is 12.7. The van der Waals surface area contributed by atoms with Crippen molar-refractivity contribution in [2.24, 2.45) is 5.92 Å². The largest absolute Gasteiger partial charge is 0.464 e. The number of nitrogens with zero attached hydrogens (tertiary/aromatic N) is 2. The van der Waals surface area contributed by atoms with Crippen LogP contribution >= 0.6 is 0 Å². The van der Waals surface area contributed by atoms with Crippen molar-refractivity contribution >= 4 is 15.9 Å². The summed E-state index contributed by atoms with van der Waals surface area (Å²) in [6, 6.07) is 20.4. The van der Waals surface area contributed by atoms with Crippen LogP contribution in [-0.2, 0) is 33.3 Å². The zero-order valence-electron chi connectivity index (χ0n) is 22.2. The standard InChI is InChI=1S/C29H38N2O4S/c1-22(2)18-31(36(33,34)27-16-13-25(14-17-27)29(4,5)6)21-28(32)30(19-24-10-8-7-9-11-24)20-26-15-12-23(3)35-26/h7-17,22H,18-21H2,1-6H3. The minimum Gasteiger partial charge on any atom is -0.464 e. The van der Waals surface area contributed by atoms with E-state index in [1.165, 1.54) is 4.31 Å². The van der Waals surface area contributed by atoms with Gasteiger partial charge in [-0.3, -0.25) is 4.79 Å². The summed E-state index contributed by atoms with van der Waals surface area (Å²) in [7, 11) is -3.87. The Balaban J connectivity index is 1.88. The molecule has 0 fully saturated rings. The molecule has 0 aliphatic heterocycles. The number of carbonyl (C=O) groups is 1. The van der Waals surface area contributed by atoms with Crippen molar-refractivity contribution in [3.63, 3.8) is 0 Å². The average Bonchev–Trinajstić information content (AvgIpc) is 3.22. The van der Waals surface area contributed by atoms with Crippen LogP contribution in [0.15, 0.2) is 76.0 Å². The normalized spacial score (nSPS) is 12.3. The van der Waals surface area contributed by atoms with Crippen molar-refractivity contribution in [2.75, 3.05) is 13.1 Å². The van der Waals surface area contributed by atoms with E-state index in [-0.39, 0.29) is 41.8 Å². The summed E-state index contributed by atoms with van der Waals surface area (Å²) in [6.07, 6.45) is 0. The summed E-state index contributed by atoms with van der Waals surface area (Å²) in [5.41, 5.74) is 1.93. The molecular formula is C29H38N2O4S. The molecule has 1 aromatic heterocycles. The lowest BCUT2D eigenvalue weighted by Gasteiger charge is -2.28. The summed E-state index contributed by atoms with van der Waals surface area (Å²) in [4.78, 5) is 15.4. The highest BCUT2D eigenvalue weighted by Crippen LogP contribution is 2.25. The first-order valence-corrected chi connectivity index (χ1v) is 13.8. The zero-order chi connectivity index (χ0) is 26.5. The Bertz CT molecular complexity index is 1240. The van der Waals surface area contributed by atoms with Crippen LogP contribution in [0.5, 0.6) is 0 Å². The van der Waals surface area contributed by atoms with E-state index in [4.69, 9.17) is 4.42 Å². The van der Waals surface area contributed by atoms with Gasteiger partial charge in [0.15, 0.2) is 0 Å². The van der Waals surface area contributed by atoms with Gasteiger partial charge in [-0.2, -0.15) is 4.31 Å². The SMILES string of the molecule is Cc1ccc(CN(Cc2ccccc2)C(=O)CN(CC(C)C)S(=O)(=O)c2ccc(C(C)(C)C)cc2)o1. The number of furan rings is 1. The molecule has 1 amide bonds. The molecule has 0 spiro atoms. The van der Waals surface area contributed by atoms with E-state index in [9.17, 15) is 13.2 Å². The number of amides is 1. The monoisotopic (exact) mass is 510 g/mol. The number of hydrogen-bond acceptors (Lipinski definition) is 4. The van der Waals surface area contributed by atoms with Gasteiger partial charge in [0.05, 0.1) is 18.0 Å². The fourth-order valence-electron chi connectivity index (χ4n) is 3.98. The summed E-state index contributed by atoms with van der Waals surface area (Å²) in [6.45, 7) is 12.6. The molecule has 0 radical (unpaired) electrons. The lowest BCUT2D eigenvalue weighted by Crippen LogP contribution is -2.43. The number of sulfonamides is 1. The van der Waals surface area contributed by atoms with Gasteiger partial charge in [-0.25, -0.2) is 8.42 Å². The molecule has 0 unspecified atom stereocenters. The lowest BCUT2D eigenvalue weighted by atomic mass is 9.87. The molecular weight excluding hydrogens is 472 g/mol. The van der Waals surface area contributed by atoms with E-state index < -0.39 is 10.0 Å². The third kappa shape index (κ3) is 7.31. The average molecular weight is 511 g/mol. The zero-order valence-corrected chi connectivity index (χ0v) is 23.0. The highest BCUT2D eigenvalue weighted by molar-refractivity contribution is 7.89. The Morgan fingerprint density at radius 1 is 0.917 bits per heavy atom. The molecule has 2 aromatic carbocycles. The maximum atomic E-state index is 13.6. The molecule has 0 atom stereocenters. The highest BCUT2D eigenvalue weighted by Gasteiger charge is 2.30.